The number of hydrogen-bond donors (Lipinski definition) is 1. The van der Waals surface area contributed by atoms with Gasteiger partial charge in [0.05, 0.1) is 10.9 Å². The molecule has 4 rings (SSSR count). The first-order valence-electron chi connectivity index (χ1n) is 9.28. The Morgan fingerprint density at radius 3 is 2.72 bits per heavy atom. The molecule has 1 N–H and O–H groups in total. The highest BCUT2D eigenvalue weighted by atomic mass is 32.2. The van der Waals surface area contributed by atoms with Crippen LogP contribution in [0.1, 0.15) is 34.1 Å². The fourth-order valence-electron chi connectivity index (χ4n) is 3.38. The first kappa shape index (κ1) is 19.7. The van der Waals surface area contributed by atoms with Gasteiger partial charge in [0.15, 0.2) is 0 Å². The molecule has 152 valence electrons. The molecule has 3 aromatic rings. The van der Waals surface area contributed by atoms with Gasteiger partial charge in [-0.05, 0) is 42.5 Å². The second-order valence-electron chi connectivity index (χ2n) is 6.83. The summed E-state index contributed by atoms with van der Waals surface area (Å²) in [4.78, 5) is 19.7. The number of rotatable bonds is 6. The van der Waals surface area contributed by atoms with Crippen molar-refractivity contribution in [1.82, 2.24) is 24.4 Å². The van der Waals surface area contributed by atoms with Crippen molar-refractivity contribution in [2.24, 2.45) is 0 Å². The van der Waals surface area contributed by atoms with Gasteiger partial charge < -0.3 is 4.90 Å². The van der Waals surface area contributed by atoms with Gasteiger partial charge in [0.25, 0.3) is 5.91 Å². The molecule has 0 spiro atoms. The molecule has 2 aromatic heterocycles. The first-order chi connectivity index (χ1) is 14.0. The topological polar surface area (TPSA) is 97.2 Å². The smallest absolute Gasteiger partial charge is 0.253 e. The predicted molar refractivity (Wildman–Crippen MR) is 109 cm³/mol. The number of amides is 1. The summed E-state index contributed by atoms with van der Waals surface area (Å²) in [5, 5.41) is 6.07. The number of nitrogens with one attached hydrogen (secondary N) is 1. The number of benzene rings is 1. The molecule has 0 saturated carbocycles. The number of carbonyl (C=O) groups is 1. The lowest BCUT2D eigenvalue weighted by atomic mass is 10.0. The van der Waals surface area contributed by atoms with E-state index in [1.54, 1.807) is 23.4 Å². The number of sulfonamides is 1. The van der Waals surface area contributed by atoms with Crippen molar-refractivity contribution in [2.45, 2.75) is 30.3 Å². The van der Waals surface area contributed by atoms with Crippen LogP contribution in [0.15, 0.2) is 59.3 Å². The van der Waals surface area contributed by atoms with Gasteiger partial charge in [-0.25, -0.2) is 22.8 Å². The number of thiophene rings is 1. The van der Waals surface area contributed by atoms with Gasteiger partial charge in [-0.1, -0.05) is 12.1 Å². The minimum atomic E-state index is -3.69. The van der Waals surface area contributed by atoms with Crippen molar-refractivity contribution in [3.63, 3.8) is 0 Å². The van der Waals surface area contributed by atoms with Crippen LogP contribution >= 0.6 is 11.3 Å². The molecule has 1 aliphatic rings. The van der Waals surface area contributed by atoms with E-state index in [1.807, 2.05) is 22.2 Å². The summed E-state index contributed by atoms with van der Waals surface area (Å²) in [5.41, 5.74) is 0.378. The van der Waals surface area contributed by atoms with Crippen LogP contribution in [-0.2, 0) is 16.6 Å². The summed E-state index contributed by atoms with van der Waals surface area (Å²) < 4.78 is 29.6. The average Bonchev–Trinajstić information content (AvgIpc) is 3.46. The highest BCUT2D eigenvalue weighted by Gasteiger charge is 2.26. The lowest BCUT2D eigenvalue weighted by Gasteiger charge is -2.32. The van der Waals surface area contributed by atoms with E-state index < -0.39 is 10.0 Å². The first-order valence-corrected chi connectivity index (χ1v) is 11.6. The Labute approximate surface area is 173 Å². The van der Waals surface area contributed by atoms with Gasteiger partial charge in [0.2, 0.25) is 10.0 Å². The van der Waals surface area contributed by atoms with Crippen molar-refractivity contribution in [3.05, 3.63) is 64.9 Å². The van der Waals surface area contributed by atoms with E-state index in [9.17, 15) is 13.2 Å². The maximum absolute atomic E-state index is 12.9. The number of nitrogens with zero attached hydrogens (tertiary/aromatic N) is 4. The predicted octanol–water partition coefficient (Wildman–Crippen LogP) is 2.30. The van der Waals surface area contributed by atoms with E-state index in [0.717, 1.165) is 17.7 Å². The second-order valence-corrected chi connectivity index (χ2v) is 9.63. The van der Waals surface area contributed by atoms with Crippen molar-refractivity contribution in [2.75, 3.05) is 13.1 Å². The molecule has 10 heteroatoms. The van der Waals surface area contributed by atoms with Crippen LogP contribution in [0.5, 0.6) is 0 Å². The van der Waals surface area contributed by atoms with Gasteiger partial charge in [0.1, 0.15) is 12.7 Å². The normalized spacial score (nSPS) is 15.5. The lowest BCUT2D eigenvalue weighted by Crippen LogP contribution is -2.39. The number of likely N-dealkylation sites (tertiary alicyclic amines) is 1. The summed E-state index contributed by atoms with van der Waals surface area (Å²) in [6, 6.07) is 10.2. The number of hydrogen-bond acceptors (Lipinski definition) is 6. The van der Waals surface area contributed by atoms with E-state index >= 15 is 0 Å². The Morgan fingerprint density at radius 1 is 1.21 bits per heavy atom. The molecule has 1 saturated heterocycles. The zero-order chi connectivity index (χ0) is 20.3. The van der Waals surface area contributed by atoms with Crippen molar-refractivity contribution in [1.29, 1.82) is 0 Å². The zero-order valence-electron chi connectivity index (χ0n) is 15.6. The van der Waals surface area contributed by atoms with E-state index in [-0.39, 0.29) is 23.4 Å². The van der Waals surface area contributed by atoms with E-state index in [1.165, 1.54) is 29.8 Å². The Bertz CT molecular complexity index is 1060. The van der Waals surface area contributed by atoms with Gasteiger partial charge in [-0.3, -0.25) is 4.79 Å². The molecule has 0 atom stereocenters. The van der Waals surface area contributed by atoms with Crippen LogP contribution in [0.25, 0.3) is 0 Å². The monoisotopic (exact) mass is 431 g/mol. The molecule has 1 amide bonds. The molecule has 3 heterocycles. The van der Waals surface area contributed by atoms with Gasteiger partial charge in [0, 0.05) is 30.1 Å². The maximum Gasteiger partial charge on any atom is 0.253 e. The maximum atomic E-state index is 12.9. The Balaban J connectivity index is 1.42. The van der Waals surface area contributed by atoms with Crippen LogP contribution in [0, 0.1) is 0 Å². The number of piperidine rings is 1. The molecule has 29 heavy (non-hydrogen) atoms. The van der Waals surface area contributed by atoms with E-state index in [4.69, 9.17) is 0 Å². The summed E-state index contributed by atoms with van der Waals surface area (Å²) in [5.74, 6) is -0.155. The summed E-state index contributed by atoms with van der Waals surface area (Å²) in [6.07, 6.45) is 4.78. The molecular weight excluding hydrogens is 410 g/mol. The summed E-state index contributed by atoms with van der Waals surface area (Å²) in [7, 11) is -3.69. The van der Waals surface area contributed by atoms with E-state index in [2.05, 4.69) is 14.8 Å². The molecule has 8 nitrogen and oxygen atoms in total. The zero-order valence-corrected chi connectivity index (χ0v) is 17.3. The van der Waals surface area contributed by atoms with Gasteiger partial charge >= 0.3 is 0 Å². The lowest BCUT2D eigenvalue weighted by molar-refractivity contribution is 0.0689. The SMILES string of the molecule is O=C(c1cccc(S(=O)(=O)NCc2cccs2)c1)N1CCC(n2cncn2)CC1. The highest BCUT2D eigenvalue weighted by Crippen LogP contribution is 2.23. The molecule has 0 unspecified atom stereocenters. The Kier molecular flexibility index (Phi) is 5.74. The van der Waals surface area contributed by atoms with Crippen LogP contribution in [0.2, 0.25) is 0 Å². The fourth-order valence-corrected chi connectivity index (χ4v) is 5.17. The third-order valence-electron chi connectivity index (χ3n) is 4.97. The number of carbonyl (C=O) groups excluding carboxylic acids is 1. The molecule has 0 radical (unpaired) electrons. The Hall–Kier alpha value is -2.56. The van der Waals surface area contributed by atoms with Gasteiger partial charge in [-0.2, -0.15) is 5.10 Å². The third-order valence-corrected chi connectivity index (χ3v) is 7.25. The quantitative estimate of drug-likeness (QED) is 0.646. The van der Waals surface area contributed by atoms with Crippen molar-refractivity contribution in [3.8, 4) is 0 Å². The minimum absolute atomic E-state index is 0.0948. The molecule has 0 bridgehead atoms. The molecular formula is C19H21N5O3S2. The van der Waals surface area contributed by atoms with Crippen molar-refractivity contribution >= 4 is 27.3 Å². The number of aromatic nitrogens is 3. The van der Waals surface area contributed by atoms with Crippen LogP contribution < -0.4 is 4.72 Å². The largest absolute Gasteiger partial charge is 0.338 e. The van der Waals surface area contributed by atoms with Crippen molar-refractivity contribution < 1.29 is 13.2 Å². The molecule has 1 aromatic carbocycles. The second kappa shape index (κ2) is 8.44. The molecule has 1 fully saturated rings. The third kappa shape index (κ3) is 4.55. The van der Waals surface area contributed by atoms with Gasteiger partial charge in [-0.15, -0.1) is 11.3 Å². The summed E-state index contributed by atoms with van der Waals surface area (Å²) in [6.45, 7) is 1.42. The standard InChI is InChI=1S/C19H21N5O3S2/c25-19(23-8-6-16(7-9-23)24-14-20-13-21-24)15-3-1-5-18(11-15)29(26,27)22-12-17-4-2-10-28-17/h1-5,10-11,13-14,16,22H,6-9,12H2. The van der Waals surface area contributed by atoms with Crippen LogP contribution in [0.4, 0.5) is 0 Å². The van der Waals surface area contributed by atoms with E-state index in [0.29, 0.717) is 18.7 Å². The minimum Gasteiger partial charge on any atom is -0.338 e. The molecule has 0 aliphatic carbocycles. The molecule has 1 aliphatic heterocycles. The van der Waals surface area contributed by atoms with Crippen LogP contribution in [0.3, 0.4) is 0 Å². The highest BCUT2D eigenvalue weighted by molar-refractivity contribution is 7.89. The fraction of sp³-hybridized carbons (Fsp3) is 0.316. The summed E-state index contributed by atoms with van der Waals surface area (Å²) >= 11 is 1.49. The average molecular weight is 432 g/mol. The Morgan fingerprint density at radius 2 is 2.03 bits per heavy atom. The van der Waals surface area contributed by atoms with Crippen LogP contribution in [-0.4, -0.2) is 47.1 Å².